The van der Waals surface area contributed by atoms with Gasteiger partial charge in [0.15, 0.2) is 0 Å². The number of benzene rings is 6. The molecule has 0 N–H and O–H groups in total. The highest BCUT2D eigenvalue weighted by molar-refractivity contribution is 8.93. The number of fused-ring (bicyclic) bond motifs is 1. The third-order valence-corrected chi connectivity index (χ3v) is 9.66. The molecule has 7 aromatic rings. The molecular formula is C39H32BrN2P. The van der Waals surface area contributed by atoms with Gasteiger partial charge in [-0.3, -0.25) is 0 Å². The quantitative estimate of drug-likeness (QED) is 0.176. The van der Waals surface area contributed by atoms with Crippen molar-refractivity contribution in [1.29, 1.82) is 0 Å². The number of rotatable bonds is 5. The number of aryl methyl sites for hydroxylation is 1. The minimum absolute atomic E-state index is 0. The fraction of sp³-hybridized carbons (Fsp3) is 0.0256. The van der Waals surface area contributed by atoms with Crippen LogP contribution >= 0.6 is 24.9 Å². The molecule has 0 aliphatic rings. The molecule has 0 saturated heterocycles. The summed E-state index contributed by atoms with van der Waals surface area (Å²) in [6.45, 7) is 2.20. The molecule has 210 valence electrons. The van der Waals surface area contributed by atoms with E-state index in [4.69, 9.17) is 9.97 Å². The average molecular weight is 640 g/mol. The van der Waals surface area contributed by atoms with Crippen LogP contribution in [0, 0.1) is 6.92 Å². The summed E-state index contributed by atoms with van der Waals surface area (Å²) in [5.41, 5.74) is 7.21. The molecule has 0 spiro atoms. The lowest BCUT2D eigenvalue weighted by Gasteiger charge is -2.21. The van der Waals surface area contributed by atoms with E-state index in [9.17, 15) is 0 Å². The molecule has 0 saturated carbocycles. The molecule has 1 heterocycles. The summed E-state index contributed by atoms with van der Waals surface area (Å²) in [7, 11) is -0.467. The Morgan fingerprint density at radius 3 is 1.16 bits per heavy atom. The van der Waals surface area contributed by atoms with Crippen LogP contribution in [0.25, 0.3) is 33.5 Å². The maximum atomic E-state index is 4.86. The first-order valence-corrected chi connectivity index (χ1v) is 15.5. The maximum absolute atomic E-state index is 4.86. The van der Waals surface area contributed by atoms with Crippen molar-refractivity contribution in [3.05, 3.63) is 175 Å². The highest BCUT2D eigenvalue weighted by Gasteiger charge is 2.17. The van der Waals surface area contributed by atoms with Crippen molar-refractivity contribution in [2.24, 2.45) is 0 Å². The minimum atomic E-state index is -0.467. The third kappa shape index (κ3) is 7.14. The average Bonchev–Trinajstić information content (AvgIpc) is 3.07. The predicted octanol–water partition coefficient (Wildman–Crippen LogP) is 9.29. The van der Waals surface area contributed by atoms with E-state index in [0.29, 0.717) is 0 Å². The number of hydrogen-bond acceptors (Lipinski definition) is 2. The number of halogens is 1. The van der Waals surface area contributed by atoms with Gasteiger partial charge in [-0.25, -0.2) is 9.97 Å². The standard InChI is InChI=1S/C20H14N2.C19H17P.BrH/c1-3-9-15(10-4-1)19-20(16-11-5-2-6-12-16)22-18-14-8-7-13-17(18)21-19;1-16-10-8-9-15-19(16)20(17-11-4-2-5-12-17)18-13-6-3-7-14-18;/h1-14H;2-15H,1H3;1H. The van der Waals surface area contributed by atoms with E-state index in [1.54, 1.807) is 0 Å². The third-order valence-electron chi connectivity index (χ3n) is 7.05. The fourth-order valence-corrected chi connectivity index (χ4v) is 7.45. The first-order valence-electron chi connectivity index (χ1n) is 14.1. The molecule has 0 fully saturated rings. The highest BCUT2D eigenvalue weighted by atomic mass is 79.9. The first-order chi connectivity index (χ1) is 20.8. The maximum Gasteiger partial charge on any atom is 0.0973 e. The molecule has 0 amide bonds. The first kappa shape index (κ1) is 30.0. The van der Waals surface area contributed by atoms with E-state index in [2.05, 4.69) is 116 Å². The molecule has 4 heteroatoms. The number of para-hydroxylation sites is 2. The molecule has 1 aromatic heterocycles. The van der Waals surface area contributed by atoms with Crippen molar-refractivity contribution < 1.29 is 0 Å². The van der Waals surface area contributed by atoms with Crippen LogP contribution in [-0.2, 0) is 0 Å². The number of hydrogen-bond donors (Lipinski definition) is 0. The molecule has 43 heavy (non-hydrogen) atoms. The Kier molecular flexibility index (Phi) is 10.2. The Morgan fingerprint density at radius 1 is 0.395 bits per heavy atom. The normalized spacial score (nSPS) is 10.5. The summed E-state index contributed by atoms with van der Waals surface area (Å²) in [5.74, 6) is 0. The lowest BCUT2D eigenvalue weighted by Crippen LogP contribution is -2.22. The van der Waals surface area contributed by atoms with Gasteiger partial charge < -0.3 is 0 Å². The van der Waals surface area contributed by atoms with Gasteiger partial charge in [0, 0.05) is 11.1 Å². The fourth-order valence-electron chi connectivity index (χ4n) is 4.99. The summed E-state index contributed by atoms with van der Waals surface area (Å²) in [5, 5.41) is 4.26. The zero-order valence-electron chi connectivity index (χ0n) is 23.9. The van der Waals surface area contributed by atoms with Crippen molar-refractivity contribution in [3.8, 4) is 22.5 Å². The summed E-state index contributed by atoms with van der Waals surface area (Å²) in [6.07, 6.45) is 0. The number of aromatic nitrogens is 2. The molecule has 2 nitrogen and oxygen atoms in total. The Morgan fingerprint density at radius 2 is 0.744 bits per heavy atom. The van der Waals surface area contributed by atoms with Gasteiger partial charge >= 0.3 is 0 Å². The topological polar surface area (TPSA) is 25.8 Å². The summed E-state index contributed by atoms with van der Waals surface area (Å²) < 4.78 is 0. The van der Waals surface area contributed by atoms with E-state index in [-0.39, 0.29) is 17.0 Å². The van der Waals surface area contributed by atoms with Crippen molar-refractivity contribution >= 4 is 51.9 Å². The van der Waals surface area contributed by atoms with Crippen LogP contribution in [0.2, 0.25) is 0 Å². The second-order valence-corrected chi connectivity index (χ2v) is 12.1. The Hall–Kier alpha value is -4.43. The van der Waals surface area contributed by atoms with Gasteiger partial charge in [-0.1, -0.05) is 158 Å². The van der Waals surface area contributed by atoms with E-state index < -0.39 is 7.92 Å². The lowest BCUT2D eigenvalue weighted by atomic mass is 10.0. The molecule has 0 atom stereocenters. The summed E-state index contributed by atoms with van der Waals surface area (Å²) in [6, 6.07) is 58.8. The Balaban J connectivity index is 0.000000168. The number of nitrogens with zero attached hydrogens (tertiary/aromatic N) is 2. The smallest absolute Gasteiger partial charge is 0.0973 e. The predicted molar refractivity (Wildman–Crippen MR) is 191 cm³/mol. The molecule has 0 aliphatic heterocycles. The molecule has 0 radical (unpaired) electrons. The van der Waals surface area contributed by atoms with E-state index in [1.807, 2.05) is 60.7 Å². The highest BCUT2D eigenvalue weighted by Crippen LogP contribution is 2.34. The summed E-state index contributed by atoms with van der Waals surface area (Å²) >= 11 is 0. The van der Waals surface area contributed by atoms with Crippen molar-refractivity contribution in [2.45, 2.75) is 6.92 Å². The Labute approximate surface area is 265 Å². The molecule has 7 rings (SSSR count). The van der Waals surface area contributed by atoms with Gasteiger partial charge in [0.25, 0.3) is 0 Å². The second kappa shape index (κ2) is 14.6. The second-order valence-electron chi connectivity index (χ2n) is 9.93. The van der Waals surface area contributed by atoms with Crippen LogP contribution in [0.1, 0.15) is 5.56 Å². The van der Waals surface area contributed by atoms with Crippen LogP contribution in [0.15, 0.2) is 170 Å². The van der Waals surface area contributed by atoms with Gasteiger partial charge in [-0.15, -0.1) is 17.0 Å². The SMILES string of the molecule is Br.Cc1ccccc1P(c1ccccc1)c1ccccc1.c1ccc(-c2nc3ccccc3nc2-c2ccccc2)cc1. The largest absolute Gasteiger partial charge is 0.244 e. The van der Waals surface area contributed by atoms with Gasteiger partial charge in [-0.2, -0.15) is 0 Å². The molecule has 0 unspecified atom stereocenters. The van der Waals surface area contributed by atoms with Crippen molar-refractivity contribution in [3.63, 3.8) is 0 Å². The Bertz CT molecular complexity index is 1760. The van der Waals surface area contributed by atoms with Gasteiger partial charge in [0.2, 0.25) is 0 Å². The van der Waals surface area contributed by atoms with E-state index in [1.165, 1.54) is 21.5 Å². The zero-order valence-corrected chi connectivity index (χ0v) is 26.5. The zero-order chi connectivity index (χ0) is 28.6. The minimum Gasteiger partial charge on any atom is -0.244 e. The van der Waals surface area contributed by atoms with Gasteiger partial charge in [0.1, 0.15) is 0 Å². The lowest BCUT2D eigenvalue weighted by molar-refractivity contribution is 1.29. The van der Waals surface area contributed by atoms with Crippen LogP contribution in [0.3, 0.4) is 0 Å². The molecule has 0 bridgehead atoms. The van der Waals surface area contributed by atoms with E-state index in [0.717, 1.165) is 33.5 Å². The monoisotopic (exact) mass is 638 g/mol. The van der Waals surface area contributed by atoms with Crippen LogP contribution in [0.4, 0.5) is 0 Å². The van der Waals surface area contributed by atoms with Crippen LogP contribution < -0.4 is 15.9 Å². The van der Waals surface area contributed by atoms with Crippen molar-refractivity contribution in [2.75, 3.05) is 0 Å². The molecule has 6 aromatic carbocycles. The summed E-state index contributed by atoms with van der Waals surface area (Å²) in [4.78, 5) is 9.72. The van der Waals surface area contributed by atoms with Crippen LogP contribution in [-0.4, -0.2) is 9.97 Å². The van der Waals surface area contributed by atoms with Crippen LogP contribution in [0.5, 0.6) is 0 Å². The van der Waals surface area contributed by atoms with E-state index >= 15 is 0 Å². The van der Waals surface area contributed by atoms with Gasteiger partial charge in [0.05, 0.1) is 22.4 Å². The molecule has 0 aliphatic carbocycles. The molecular weight excluding hydrogens is 607 g/mol. The van der Waals surface area contributed by atoms with Crippen molar-refractivity contribution in [1.82, 2.24) is 9.97 Å². The van der Waals surface area contributed by atoms with Gasteiger partial charge in [-0.05, 0) is 48.5 Å².